The molecule has 174 valence electrons. The van der Waals surface area contributed by atoms with E-state index in [9.17, 15) is 14.4 Å². The maximum absolute atomic E-state index is 13.5. The molecular weight excluding hydrogens is 402 g/mol. The van der Waals surface area contributed by atoms with Crippen molar-refractivity contribution in [3.63, 3.8) is 0 Å². The Bertz CT molecular complexity index is 656. The summed E-state index contributed by atoms with van der Waals surface area (Å²) in [5, 5.41) is 0. The van der Waals surface area contributed by atoms with Gasteiger partial charge in [-0.1, -0.05) is 20.8 Å². The Morgan fingerprint density at radius 3 is 1.83 bits per heavy atom. The van der Waals surface area contributed by atoms with E-state index in [1.165, 1.54) is 4.90 Å². The van der Waals surface area contributed by atoms with Crippen LogP contribution >= 0.6 is 0 Å². The van der Waals surface area contributed by atoms with Gasteiger partial charge in [-0.05, 0) is 66.0 Å². The molecule has 1 aliphatic heterocycles. The van der Waals surface area contributed by atoms with Crippen LogP contribution in [-0.2, 0) is 23.5 Å². The number of ketones is 1. The van der Waals surface area contributed by atoms with Gasteiger partial charge in [0.25, 0.3) is 0 Å². The molecule has 30 heavy (non-hydrogen) atoms. The van der Waals surface area contributed by atoms with Crippen molar-refractivity contribution in [2.24, 2.45) is 11.3 Å². The summed E-state index contributed by atoms with van der Waals surface area (Å²) in [6, 6.07) is 0. The zero-order valence-corrected chi connectivity index (χ0v) is 21.8. The van der Waals surface area contributed by atoms with Crippen LogP contribution in [0.15, 0.2) is 0 Å². The number of esters is 1. The summed E-state index contributed by atoms with van der Waals surface area (Å²) in [6.07, 6.45) is -0.710. The molecular formula is C22H41NO6Si. The molecule has 0 bridgehead atoms. The molecule has 1 heterocycles. The first-order chi connectivity index (χ1) is 13.3. The van der Waals surface area contributed by atoms with Crippen molar-refractivity contribution in [2.45, 2.75) is 105 Å². The topological polar surface area (TPSA) is 82.1 Å². The minimum Gasteiger partial charge on any atom is -0.460 e. The van der Waals surface area contributed by atoms with Gasteiger partial charge in [-0.3, -0.25) is 14.5 Å². The highest BCUT2D eigenvalue weighted by Crippen LogP contribution is 2.45. The number of amides is 1. The third kappa shape index (κ3) is 7.37. The number of likely N-dealkylation sites (tertiary alicyclic amines) is 1. The highest BCUT2D eigenvalue weighted by atomic mass is 28.3. The summed E-state index contributed by atoms with van der Waals surface area (Å²) in [5.74, 6) is -1.06. The van der Waals surface area contributed by atoms with Crippen LogP contribution in [0.3, 0.4) is 0 Å². The number of nitrogens with zero attached hydrogens (tertiary/aromatic N) is 1. The van der Waals surface area contributed by atoms with Gasteiger partial charge in [0.15, 0.2) is 20.5 Å². The zero-order valence-electron chi connectivity index (χ0n) is 20.7. The third-order valence-corrected chi connectivity index (χ3v) is 5.65. The second kappa shape index (κ2) is 8.98. The van der Waals surface area contributed by atoms with Gasteiger partial charge in [-0.2, -0.15) is 0 Å². The Balaban J connectivity index is 3.36. The van der Waals surface area contributed by atoms with Crippen LogP contribution in [0.25, 0.3) is 0 Å². The van der Waals surface area contributed by atoms with Crippen LogP contribution < -0.4 is 0 Å². The van der Waals surface area contributed by atoms with Crippen molar-refractivity contribution >= 4 is 26.9 Å². The Hall–Kier alpha value is -1.41. The molecule has 0 spiro atoms. The standard InChI is InChI=1S/C22H41NO6Si/c1-19(2,3)15-13-22(29-30(10)11,16(24)12-17(25)27-20(4,5)6)23(14-15)18(26)28-21(7,8)9/h15,30H,12-14H2,1-11H3/t15-,22-/m0/s1. The maximum Gasteiger partial charge on any atom is 0.412 e. The lowest BCUT2D eigenvalue weighted by Crippen LogP contribution is -2.58. The summed E-state index contributed by atoms with van der Waals surface area (Å²) in [7, 11) is -1.77. The highest BCUT2D eigenvalue weighted by molar-refractivity contribution is 6.48. The number of ether oxygens (including phenoxy) is 2. The molecule has 0 aromatic heterocycles. The molecule has 0 saturated carbocycles. The molecule has 1 aliphatic rings. The van der Waals surface area contributed by atoms with Gasteiger partial charge >= 0.3 is 12.1 Å². The SMILES string of the molecule is C[SiH](C)O[C@]1(C(=O)CC(=O)OC(C)(C)C)C[C@H](C(C)(C)C)CN1C(=O)OC(C)(C)C. The van der Waals surface area contributed by atoms with Crippen LogP contribution in [0.1, 0.15) is 75.2 Å². The zero-order chi connectivity index (χ0) is 23.7. The average molecular weight is 444 g/mol. The predicted molar refractivity (Wildman–Crippen MR) is 119 cm³/mol. The molecule has 1 rings (SSSR count). The summed E-state index contributed by atoms with van der Waals surface area (Å²) in [4.78, 5) is 40.4. The van der Waals surface area contributed by atoms with Gasteiger partial charge < -0.3 is 13.9 Å². The number of rotatable bonds is 5. The normalized spacial score (nSPS) is 22.9. The summed E-state index contributed by atoms with van der Waals surface area (Å²) in [5.41, 5.74) is -3.08. The van der Waals surface area contributed by atoms with Crippen molar-refractivity contribution in [2.75, 3.05) is 6.54 Å². The smallest absolute Gasteiger partial charge is 0.412 e. The molecule has 0 aliphatic carbocycles. The van der Waals surface area contributed by atoms with Crippen molar-refractivity contribution in [1.82, 2.24) is 4.90 Å². The Labute approximate surface area is 183 Å². The summed E-state index contributed by atoms with van der Waals surface area (Å²) >= 11 is 0. The Morgan fingerprint density at radius 2 is 1.43 bits per heavy atom. The van der Waals surface area contributed by atoms with Crippen LogP contribution in [0.2, 0.25) is 13.1 Å². The van der Waals surface area contributed by atoms with E-state index >= 15 is 0 Å². The Kier molecular flexibility index (Phi) is 7.97. The molecule has 0 radical (unpaired) electrons. The molecule has 8 heteroatoms. The van der Waals surface area contributed by atoms with E-state index in [2.05, 4.69) is 20.8 Å². The van der Waals surface area contributed by atoms with Gasteiger partial charge in [-0.15, -0.1) is 0 Å². The van der Waals surface area contributed by atoms with E-state index in [1.807, 2.05) is 13.1 Å². The number of hydrogen-bond acceptors (Lipinski definition) is 6. The molecule has 2 atom stereocenters. The van der Waals surface area contributed by atoms with Crippen molar-refractivity contribution < 1.29 is 28.3 Å². The van der Waals surface area contributed by atoms with Gasteiger partial charge in [-0.25, -0.2) is 4.79 Å². The predicted octanol–water partition coefficient (Wildman–Crippen LogP) is 4.29. The molecule has 0 aromatic carbocycles. The number of carbonyl (C=O) groups is 3. The third-order valence-electron chi connectivity index (χ3n) is 4.79. The first-order valence-corrected chi connectivity index (χ1v) is 13.5. The fourth-order valence-corrected chi connectivity index (χ4v) is 4.61. The van der Waals surface area contributed by atoms with Crippen LogP contribution in [0.5, 0.6) is 0 Å². The minimum absolute atomic E-state index is 0.0142. The second-order valence-corrected chi connectivity index (χ2v) is 13.8. The van der Waals surface area contributed by atoms with Crippen molar-refractivity contribution in [3.8, 4) is 0 Å². The number of Topliss-reactive ketones (excluding diaryl/α,β-unsaturated/α-hetero) is 1. The summed E-state index contributed by atoms with van der Waals surface area (Å²) < 4.78 is 17.2. The number of hydrogen-bond donors (Lipinski definition) is 0. The van der Waals surface area contributed by atoms with Crippen LogP contribution in [-0.4, -0.2) is 55.3 Å². The molecule has 1 saturated heterocycles. The first-order valence-electron chi connectivity index (χ1n) is 10.7. The fraction of sp³-hybridized carbons (Fsp3) is 0.864. The molecule has 1 amide bonds. The second-order valence-electron chi connectivity index (χ2n) is 11.5. The highest BCUT2D eigenvalue weighted by Gasteiger charge is 2.57. The van der Waals surface area contributed by atoms with Gasteiger partial charge in [0, 0.05) is 13.0 Å². The van der Waals surface area contributed by atoms with E-state index in [-0.39, 0.29) is 11.3 Å². The van der Waals surface area contributed by atoms with Gasteiger partial charge in [0.05, 0.1) is 0 Å². The van der Waals surface area contributed by atoms with Crippen LogP contribution in [0, 0.1) is 11.3 Å². The van der Waals surface area contributed by atoms with Crippen molar-refractivity contribution in [3.05, 3.63) is 0 Å². The van der Waals surface area contributed by atoms with E-state index in [0.717, 1.165) is 0 Å². The minimum atomic E-state index is -1.77. The molecule has 7 nitrogen and oxygen atoms in total. The molecule has 1 fully saturated rings. The fourth-order valence-electron chi connectivity index (χ4n) is 3.47. The lowest BCUT2D eigenvalue weighted by molar-refractivity contribution is -0.163. The van der Waals surface area contributed by atoms with E-state index in [1.54, 1.807) is 41.5 Å². The van der Waals surface area contributed by atoms with Gasteiger partial charge in [0.2, 0.25) is 0 Å². The lowest BCUT2D eigenvalue weighted by atomic mass is 9.78. The molecule has 0 unspecified atom stereocenters. The quantitative estimate of drug-likeness (QED) is 0.358. The van der Waals surface area contributed by atoms with E-state index in [4.69, 9.17) is 13.9 Å². The summed E-state index contributed by atoms with van der Waals surface area (Å²) in [6.45, 7) is 21.0. The van der Waals surface area contributed by atoms with E-state index < -0.39 is 50.2 Å². The van der Waals surface area contributed by atoms with Gasteiger partial charge in [0.1, 0.15) is 17.6 Å². The monoisotopic (exact) mass is 443 g/mol. The Morgan fingerprint density at radius 1 is 0.933 bits per heavy atom. The average Bonchev–Trinajstić information content (AvgIpc) is 2.83. The van der Waals surface area contributed by atoms with E-state index in [0.29, 0.717) is 13.0 Å². The lowest BCUT2D eigenvalue weighted by Gasteiger charge is -2.39. The number of carbonyl (C=O) groups excluding carboxylic acids is 3. The largest absolute Gasteiger partial charge is 0.460 e. The van der Waals surface area contributed by atoms with Crippen molar-refractivity contribution in [1.29, 1.82) is 0 Å². The molecule has 0 aromatic rings. The molecule has 0 N–H and O–H groups in total. The van der Waals surface area contributed by atoms with Crippen LogP contribution in [0.4, 0.5) is 4.79 Å². The first kappa shape index (κ1) is 26.6. The maximum atomic E-state index is 13.5.